The number of likely N-dealkylation sites (N-methyl/N-ethyl adjacent to an activating group) is 1. The normalized spacial score (nSPS) is 17.2. The third kappa shape index (κ3) is 5.91. The second-order valence-electron chi connectivity index (χ2n) is 10.3. The van der Waals surface area contributed by atoms with Crippen molar-refractivity contribution in [2.24, 2.45) is 0 Å². The Hall–Kier alpha value is -3.52. The topological polar surface area (TPSA) is 107 Å². The van der Waals surface area contributed by atoms with E-state index in [0.717, 1.165) is 0 Å². The van der Waals surface area contributed by atoms with Crippen LogP contribution in [0, 0.1) is 0 Å². The van der Waals surface area contributed by atoms with Gasteiger partial charge in [0.25, 0.3) is 5.91 Å². The fourth-order valence-corrected chi connectivity index (χ4v) is 4.09. The van der Waals surface area contributed by atoms with Gasteiger partial charge in [0.2, 0.25) is 5.95 Å². The molecule has 1 aromatic carbocycles. The van der Waals surface area contributed by atoms with Crippen molar-refractivity contribution in [3.05, 3.63) is 54.1 Å². The van der Waals surface area contributed by atoms with Gasteiger partial charge in [-0.1, -0.05) is 6.07 Å². The Labute approximate surface area is 225 Å². The minimum absolute atomic E-state index is 0.0301. The molecule has 1 aliphatic heterocycles. The number of hydrogen-bond donors (Lipinski definition) is 1. The first-order chi connectivity index (χ1) is 18.2. The number of rotatable bonds is 8. The second-order valence-corrected chi connectivity index (χ2v) is 10.3. The molecule has 1 amide bonds. The zero-order chi connectivity index (χ0) is 28.6. The molecule has 1 saturated heterocycles. The van der Waals surface area contributed by atoms with E-state index in [0.29, 0.717) is 35.7 Å². The summed E-state index contributed by atoms with van der Waals surface area (Å²) in [6.07, 6.45) is -0.0527. The van der Waals surface area contributed by atoms with Crippen LogP contribution in [-0.4, -0.2) is 73.2 Å². The Morgan fingerprint density at radius 3 is 2.23 bits per heavy atom. The van der Waals surface area contributed by atoms with Gasteiger partial charge in [0.15, 0.2) is 0 Å². The molecule has 10 nitrogen and oxygen atoms in total. The van der Waals surface area contributed by atoms with Gasteiger partial charge in [-0.25, -0.2) is 9.97 Å². The van der Waals surface area contributed by atoms with Crippen LogP contribution in [0.25, 0.3) is 5.69 Å². The van der Waals surface area contributed by atoms with Crippen LogP contribution in [0.1, 0.15) is 57.5 Å². The summed E-state index contributed by atoms with van der Waals surface area (Å²) in [7, 11) is -0.674. The van der Waals surface area contributed by atoms with Crippen LogP contribution < -0.4 is 10.8 Å². The van der Waals surface area contributed by atoms with E-state index < -0.39 is 30.1 Å². The molecule has 14 heteroatoms. The Morgan fingerprint density at radius 1 is 1.10 bits per heavy atom. The van der Waals surface area contributed by atoms with Crippen LogP contribution in [0.5, 0.6) is 0 Å². The highest BCUT2D eigenvalue weighted by Crippen LogP contribution is 2.36. The molecule has 3 heterocycles. The second kappa shape index (κ2) is 10.6. The minimum Gasteiger partial charge on any atom is -0.399 e. The zero-order valence-electron chi connectivity index (χ0n) is 22.7. The molecule has 2 aromatic heterocycles. The first-order valence-electron chi connectivity index (χ1n) is 12.5. The summed E-state index contributed by atoms with van der Waals surface area (Å²) in [5.74, 6) is -0.256. The summed E-state index contributed by atoms with van der Waals surface area (Å²) in [6, 6.07) is 4.93. The van der Waals surface area contributed by atoms with Crippen molar-refractivity contribution in [3.8, 4) is 5.69 Å². The van der Waals surface area contributed by atoms with Crippen LogP contribution in [-0.2, 0) is 15.5 Å². The lowest BCUT2D eigenvalue weighted by Crippen LogP contribution is -2.43. The summed E-state index contributed by atoms with van der Waals surface area (Å²) in [5, 5.41) is 11.3. The molecule has 1 N–H and O–H groups in total. The molecule has 1 atom stereocenters. The maximum Gasteiger partial charge on any atom is 0.494 e. The Kier molecular flexibility index (Phi) is 7.72. The maximum absolute atomic E-state index is 13.9. The molecule has 0 saturated carbocycles. The molecular formula is C25H31BF3N7O3. The summed E-state index contributed by atoms with van der Waals surface area (Å²) < 4.78 is 50.8. The smallest absolute Gasteiger partial charge is 0.399 e. The zero-order valence-corrected chi connectivity index (χ0v) is 22.7. The molecule has 4 rings (SSSR count). The first-order valence-corrected chi connectivity index (χ1v) is 12.5. The minimum atomic E-state index is -4.52. The van der Waals surface area contributed by atoms with Gasteiger partial charge < -0.3 is 19.5 Å². The Morgan fingerprint density at radius 2 is 1.69 bits per heavy atom. The fraction of sp³-hybridized carbons (Fsp3) is 0.480. The van der Waals surface area contributed by atoms with Crippen molar-refractivity contribution >= 4 is 24.4 Å². The van der Waals surface area contributed by atoms with E-state index in [2.05, 4.69) is 25.5 Å². The maximum atomic E-state index is 13.9. The van der Waals surface area contributed by atoms with Crippen molar-refractivity contribution in [3.63, 3.8) is 0 Å². The van der Waals surface area contributed by atoms with Gasteiger partial charge in [-0.3, -0.25) is 4.79 Å². The summed E-state index contributed by atoms with van der Waals surface area (Å²) in [5.41, 5.74) is -0.547. The molecule has 0 radical (unpaired) electrons. The molecule has 39 heavy (non-hydrogen) atoms. The van der Waals surface area contributed by atoms with Crippen molar-refractivity contribution in [2.45, 2.75) is 65.0 Å². The predicted molar refractivity (Wildman–Crippen MR) is 139 cm³/mol. The van der Waals surface area contributed by atoms with E-state index in [1.165, 1.54) is 17.2 Å². The first kappa shape index (κ1) is 28.5. The quantitative estimate of drug-likeness (QED) is 0.430. The average molecular weight is 545 g/mol. The molecule has 1 unspecified atom stereocenters. The van der Waals surface area contributed by atoms with Gasteiger partial charge in [0.1, 0.15) is 0 Å². The Balaban J connectivity index is 1.58. The number of aromatic nitrogens is 5. The number of nitrogens with one attached hydrogen (secondary N) is 1. The van der Waals surface area contributed by atoms with Crippen LogP contribution >= 0.6 is 0 Å². The van der Waals surface area contributed by atoms with Gasteiger partial charge >= 0.3 is 13.3 Å². The largest absolute Gasteiger partial charge is 0.494 e. The number of amides is 1. The molecule has 0 aliphatic carbocycles. The standard InChI is InChI=1S/C25H31BF3N7O3/c1-7-35(16(2)13-30-22-31-14-17(15-32-22)25(27,28)29)21(37)19-12-18(8-9-20(19)36-33-10-11-34-36)26-38-23(3,4)24(5,6)39-26/h8-12,14-16H,7,13H2,1-6H3,(H,30,31,32). The third-order valence-corrected chi connectivity index (χ3v) is 7.08. The number of hydrogen-bond acceptors (Lipinski definition) is 8. The molecule has 208 valence electrons. The molecule has 0 bridgehead atoms. The highest BCUT2D eigenvalue weighted by molar-refractivity contribution is 6.62. The van der Waals surface area contributed by atoms with Gasteiger partial charge in [0.05, 0.1) is 40.4 Å². The van der Waals surface area contributed by atoms with Crippen molar-refractivity contribution in [1.82, 2.24) is 29.9 Å². The number of alkyl halides is 3. The Bertz CT molecular complexity index is 1290. The van der Waals surface area contributed by atoms with E-state index in [4.69, 9.17) is 9.31 Å². The number of nitrogens with zero attached hydrogens (tertiary/aromatic N) is 6. The average Bonchev–Trinajstić information content (AvgIpc) is 3.48. The summed E-state index contributed by atoms with van der Waals surface area (Å²) in [6.45, 7) is 12.0. The predicted octanol–water partition coefficient (Wildman–Crippen LogP) is 3.34. The van der Waals surface area contributed by atoms with Crippen LogP contribution in [0.4, 0.5) is 19.1 Å². The highest BCUT2D eigenvalue weighted by atomic mass is 19.4. The van der Waals surface area contributed by atoms with E-state index in [-0.39, 0.29) is 24.4 Å². The van der Waals surface area contributed by atoms with Gasteiger partial charge in [-0.05, 0) is 59.1 Å². The lowest BCUT2D eigenvalue weighted by Gasteiger charge is -2.32. The number of carbonyl (C=O) groups is 1. The van der Waals surface area contributed by atoms with E-state index >= 15 is 0 Å². The number of halogens is 3. The molecule has 1 aliphatic rings. The van der Waals surface area contributed by atoms with E-state index in [1.807, 2.05) is 47.6 Å². The molecular weight excluding hydrogens is 514 g/mol. The van der Waals surface area contributed by atoms with Crippen LogP contribution in [0.3, 0.4) is 0 Å². The van der Waals surface area contributed by atoms with Gasteiger partial charge in [-0.15, -0.1) is 0 Å². The van der Waals surface area contributed by atoms with Crippen molar-refractivity contribution in [1.29, 1.82) is 0 Å². The fourth-order valence-electron chi connectivity index (χ4n) is 4.09. The number of carbonyl (C=O) groups excluding carboxylic acids is 1. The summed E-state index contributed by atoms with van der Waals surface area (Å²) in [4.78, 5) is 24.4. The van der Waals surface area contributed by atoms with E-state index in [9.17, 15) is 18.0 Å². The van der Waals surface area contributed by atoms with Crippen LogP contribution in [0.2, 0.25) is 0 Å². The monoisotopic (exact) mass is 545 g/mol. The van der Waals surface area contributed by atoms with Crippen molar-refractivity contribution < 1.29 is 27.3 Å². The lowest BCUT2D eigenvalue weighted by molar-refractivity contribution is -0.138. The molecule has 0 spiro atoms. The van der Waals surface area contributed by atoms with Crippen LogP contribution in [0.15, 0.2) is 43.0 Å². The molecule has 1 fully saturated rings. The molecule has 3 aromatic rings. The number of benzene rings is 1. The van der Waals surface area contributed by atoms with E-state index in [1.54, 1.807) is 17.0 Å². The van der Waals surface area contributed by atoms with Gasteiger partial charge in [0, 0.05) is 31.5 Å². The summed E-state index contributed by atoms with van der Waals surface area (Å²) >= 11 is 0. The highest BCUT2D eigenvalue weighted by Gasteiger charge is 2.52. The number of anilines is 1. The lowest BCUT2D eigenvalue weighted by atomic mass is 9.78. The van der Waals surface area contributed by atoms with Crippen molar-refractivity contribution in [2.75, 3.05) is 18.4 Å². The third-order valence-electron chi connectivity index (χ3n) is 7.08. The SMILES string of the molecule is CCN(C(=O)c1cc(B2OC(C)(C)C(C)(C)O2)ccc1-n1nccn1)C(C)CNc1ncc(C(F)(F)F)cn1. The van der Waals surface area contributed by atoms with Gasteiger partial charge in [-0.2, -0.15) is 28.2 Å².